The van der Waals surface area contributed by atoms with Gasteiger partial charge in [-0.2, -0.15) is 4.31 Å². The lowest BCUT2D eigenvalue weighted by Gasteiger charge is -2.26. The molecule has 0 fully saturated rings. The Morgan fingerprint density at radius 3 is 2.16 bits per heavy atom. The molecule has 2 aromatic carbocycles. The zero-order valence-corrected chi connectivity index (χ0v) is 19.1. The summed E-state index contributed by atoms with van der Waals surface area (Å²) in [6, 6.07) is 19.3. The molecule has 162 valence electrons. The van der Waals surface area contributed by atoms with Gasteiger partial charge in [0.15, 0.2) is 5.13 Å². The molecule has 0 saturated carbocycles. The first kappa shape index (κ1) is 21.7. The second-order valence-corrected chi connectivity index (χ2v) is 11.4. The molecule has 1 aromatic heterocycles. The van der Waals surface area contributed by atoms with Gasteiger partial charge in [-0.05, 0) is 25.0 Å². The van der Waals surface area contributed by atoms with E-state index in [0.29, 0.717) is 24.6 Å². The lowest BCUT2D eigenvalue weighted by atomic mass is 9.90. The van der Waals surface area contributed by atoms with E-state index in [4.69, 9.17) is 0 Å². The number of nitrogens with zero attached hydrogens (tertiary/aromatic N) is 2. The van der Waals surface area contributed by atoms with Crippen LogP contribution in [0.4, 0.5) is 5.13 Å². The monoisotopic (exact) mass is 455 g/mol. The van der Waals surface area contributed by atoms with Gasteiger partial charge in [0.2, 0.25) is 15.9 Å². The maximum atomic E-state index is 13.3. The number of amides is 1. The first-order chi connectivity index (χ1) is 14.9. The van der Waals surface area contributed by atoms with Crippen LogP contribution < -0.4 is 5.32 Å². The van der Waals surface area contributed by atoms with Crippen LogP contribution in [-0.2, 0) is 27.8 Å². The lowest BCUT2D eigenvalue weighted by molar-refractivity contribution is -0.116. The van der Waals surface area contributed by atoms with Gasteiger partial charge in [-0.1, -0.05) is 60.7 Å². The topological polar surface area (TPSA) is 79.4 Å². The third-order valence-corrected chi connectivity index (χ3v) is 8.63. The Morgan fingerprint density at radius 2 is 1.61 bits per heavy atom. The number of benzene rings is 2. The molecular formula is C23H25N3O3S2. The Balaban J connectivity index is 1.57. The van der Waals surface area contributed by atoms with Crippen LogP contribution in [0, 0.1) is 0 Å². The maximum Gasteiger partial charge on any atom is 0.238 e. The molecule has 1 N–H and O–H groups in total. The van der Waals surface area contributed by atoms with E-state index >= 15 is 0 Å². The van der Waals surface area contributed by atoms with E-state index in [0.717, 1.165) is 21.7 Å². The number of thiazole rings is 1. The van der Waals surface area contributed by atoms with E-state index < -0.39 is 21.2 Å². The molecular weight excluding hydrogens is 430 g/mol. The van der Waals surface area contributed by atoms with Crippen molar-refractivity contribution in [2.45, 2.75) is 38.0 Å². The van der Waals surface area contributed by atoms with Crippen molar-refractivity contribution in [2.75, 3.05) is 11.9 Å². The third-order valence-electron chi connectivity index (χ3n) is 5.41. The number of anilines is 1. The second kappa shape index (κ2) is 8.90. The number of carbonyl (C=O) groups is 1. The number of hydrogen-bond donors (Lipinski definition) is 1. The van der Waals surface area contributed by atoms with Crippen molar-refractivity contribution in [1.29, 1.82) is 0 Å². The van der Waals surface area contributed by atoms with Gasteiger partial charge in [0.1, 0.15) is 0 Å². The average molecular weight is 456 g/mol. The fourth-order valence-corrected chi connectivity index (χ4v) is 6.06. The van der Waals surface area contributed by atoms with Crippen LogP contribution in [-0.4, -0.2) is 35.4 Å². The van der Waals surface area contributed by atoms with Gasteiger partial charge in [-0.15, -0.1) is 11.3 Å². The number of aromatic nitrogens is 1. The predicted molar refractivity (Wildman–Crippen MR) is 124 cm³/mol. The first-order valence-corrected chi connectivity index (χ1v) is 12.6. The molecule has 0 bridgehead atoms. The summed E-state index contributed by atoms with van der Waals surface area (Å²) in [6.45, 7) is 4.11. The lowest BCUT2D eigenvalue weighted by Crippen LogP contribution is -2.39. The van der Waals surface area contributed by atoms with Gasteiger partial charge in [0.25, 0.3) is 0 Å². The van der Waals surface area contributed by atoms with Crippen LogP contribution in [0.2, 0.25) is 0 Å². The smallest absolute Gasteiger partial charge is 0.238 e. The maximum absolute atomic E-state index is 13.3. The predicted octanol–water partition coefficient (Wildman–Crippen LogP) is 4.01. The quantitative estimate of drug-likeness (QED) is 0.609. The molecule has 1 amide bonds. The minimum Gasteiger partial charge on any atom is -0.301 e. The number of sulfonamides is 1. The Hall–Kier alpha value is -2.55. The fraction of sp³-hybridized carbons (Fsp3) is 0.304. The molecule has 0 aliphatic carbocycles. The fourth-order valence-electron chi connectivity index (χ4n) is 3.70. The Morgan fingerprint density at radius 1 is 1.03 bits per heavy atom. The van der Waals surface area contributed by atoms with Crippen molar-refractivity contribution >= 4 is 32.4 Å². The highest BCUT2D eigenvalue weighted by molar-refractivity contribution is 7.89. The third kappa shape index (κ3) is 4.56. The van der Waals surface area contributed by atoms with Gasteiger partial charge in [0.05, 0.1) is 16.9 Å². The van der Waals surface area contributed by atoms with Crippen molar-refractivity contribution in [3.8, 4) is 0 Å². The van der Waals surface area contributed by atoms with Crippen LogP contribution >= 0.6 is 11.3 Å². The van der Waals surface area contributed by atoms with Crippen LogP contribution in [0.1, 0.15) is 41.5 Å². The number of hydrogen-bond acceptors (Lipinski definition) is 5. The SMILES string of the molecule is CC(C)S(=O)(=O)N1CCc2nc(NC(=O)C(c3ccccc3)c3ccccc3)sc2C1. The molecule has 2 heterocycles. The van der Waals surface area contributed by atoms with Crippen LogP contribution in [0.15, 0.2) is 60.7 Å². The van der Waals surface area contributed by atoms with Crippen molar-refractivity contribution < 1.29 is 13.2 Å². The summed E-state index contributed by atoms with van der Waals surface area (Å²) in [4.78, 5) is 18.8. The van der Waals surface area contributed by atoms with E-state index in [1.807, 2.05) is 60.7 Å². The summed E-state index contributed by atoms with van der Waals surface area (Å²) in [5.41, 5.74) is 2.68. The Labute approximate surface area is 187 Å². The highest BCUT2D eigenvalue weighted by Crippen LogP contribution is 2.32. The van der Waals surface area contributed by atoms with Gasteiger partial charge < -0.3 is 5.32 Å². The zero-order valence-electron chi connectivity index (χ0n) is 17.5. The molecule has 6 nitrogen and oxygen atoms in total. The van der Waals surface area contributed by atoms with E-state index in [1.54, 1.807) is 13.8 Å². The molecule has 8 heteroatoms. The Kier molecular flexibility index (Phi) is 6.22. The Bertz CT molecular complexity index is 1120. The normalized spacial score (nSPS) is 14.6. The van der Waals surface area contributed by atoms with E-state index in [2.05, 4.69) is 10.3 Å². The van der Waals surface area contributed by atoms with Crippen LogP contribution in [0.3, 0.4) is 0 Å². The van der Waals surface area contributed by atoms with Gasteiger partial charge in [-0.3, -0.25) is 4.79 Å². The molecule has 0 radical (unpaired) electrons. The molecule has 0 atom stereocenters. The molecule has 0 spiro atoms. The number of carbonyl (C=O) groups excluding carboxylic acids is 1. The summed E-state index contributed by atoms with van der Waals surface area (Å²) >= 11 is 1.35. The summed E-state index contributed by atoms with van der Waals surface area (Å²) in [5.74, 6) is -0.615. The van der Waals surface area contributed by atoms with E-state index in [1.165, 1.54) is 15.6 Å². The molecule has 0 saturated heterocycles. The first-order valence-electron chi connectivity index (χ1n) is 10.2. The van der Waals surface area contributed by atoms with Crippen molar-refractivity contribution in [3.63, 3.8) is 0 Å². The zero-order chi connectivity index (χ0) is 22.0. The van der Waals surface area contributed by atoms with Gasteiger partial charge in [-0.25, -0.2) is 13.4 Å². The minimum absolute atomic E-state index is 0.157. The average Bonchev–Trinajstić information content (AvgIpc) is 3.16. The number of rotatable bonds is 6. The standard InChI is InChI=1S/C23H25N3O3S2/c1-16(2)31(28,29)26-14-13-19-20(15-26)30-23(24-19)25-22(27)21(17-9-5-3-6-10-17)18-11-7-4-8-12-18/h3-12,16,21H,13-15H2,1-2H3,(H,24,25,27). The van der Waals surface area contributed by atoms with Gasteiger partial charge >= 0.3 is 0 Å². The molecule has 1 aliphatic rings. The molecule has 31 heavy (non-hydrogen) atoms. The van der Waals surface area contributed by atoms with Crippen molar-refractivity contribution in [2.24, 2.45) is 0 Å². The van der Waals surface area contributed by atoms with Crippen molar-refractivity contribution in [3.05, 3.63) is 82.4 Å². The highest BCUT2D eigenvalue weighted by atomic mass is 32.2. The summed E-state index contributed by atoms with van der Waals surface area (Å²) in [6.07, 6.45) is 0.550. The summed E-state index contributed by atoms with van der Waals surface area (Å²) < 4.78 is 26.6. The largest absolute Gasteiger partial charge is 0.301 e. The summed E-state index contributed by atoms with van der Waals surface area (Å²) in [7, 11) is -3.32. The molecule has 1 aliphatic heterocycles. The van der Waals surface area contributed by atoms with E-state index in [9.17, 15) is 13.2 Å². The number of nitrogens with one attached hydrogen (secondary N) is 1. The summed E-state index contributed by atoms with van der Waals surface area (Å²) in [5, 5.41) is 3.02. The number of fused-ring (bicyclic) bond motifs is 1. The van der Waals surface area contributed by atoms with Crippen LogP contribution in [0.5, 0.6) is 0 Å². The van der Waals surface area contributed by atoms with Crippen molar-refractivity contribution in [1.82, 2.24) is 9.29 Å². The minimum atomic E-state index is -3.32. The van der Waals surface area contributed by atoms with Gasteiger partial charge in [0, 0.05) is 24.4 Å². The highest BCUT2D eigenvalue weighted by Gasteiger charge is 2.32. The second-order valence-electron chi connectivity index (χ2n) is 7.81. The molecule has 4 rings (SSSR count). The molecule has 3 aromatic rings. The van der Waals surface area contributed by atoms with Crippen LogP contribution in [0.25, 0.3) is 0 Å². The molecule has 0 unspecified atom stereocenters. The van der Waals surface area contributed by atoms with E-state index in [-0.39, 0.29) is 5.91 Å².